The van der Waals surface area contributed by atoms with Crippen molar-refractivity contribution in [2.24, 2.45) is 0 Å². The minimum Gasteiger partial charge on any atom is -0.212 e. The zero-order valence-corrected chi connectivity index (χ0v) is 10.00. The highest BCUT2D eigenvalue weighted by Crippen LogP contribution is 2.03. The maximum Gasteiger partial charge on any atom is 0.212 e. The van der Waals surface area contributed by atoms with Crippen molar-refractivity contribution < 1.29 is 8.42 Å². The Morgan fingerprint density at radius 2 is 2.00 bits per heavy atom. The first-order valence-corrected chi connectivity index (χ1v) is 6.72. The van der Waals surface area contributed by atoms with E-state index in [1.807, 2.05) is 30.3 Å². The van der Waals surface area contributed by atoms with E-state index in [9.17, 15) is 8.42 Å². The fourth-order valence-electron chi connectivity index (χ4n) is 1.28. The molecule has 1 N–H and O–H groups in total. The van der Waals surface area contributed by atoms with Crippen LogP contribution >= 0.6 is 0 Å². The van der Waals surface area contributed by atoms with Gasteiger partial charge in [-0.1, -0.05) is 36.3 Å². The number of rotatable bonds is 5. The Hall–Kier alpha value is -1.31. The highest BCUT2D eigenvalue weighted by atomic mass is 32.2. The standard InChI is InChI=1S/C12H15NO2S/c1-3-12(13-16(14,15)4-2)10-11-8-6-5-7-9-11/h1,5-9,12-13H,4,10H2,2H3/t12-/m1/s1. The Bertz CT molecular complexity index is 460. The number of sulfonamides is 1. The van der Waals surface area contributed by atoms with Crippen LogP contribution < -0.4 is 4.72 Å². The van der Waals surface area contributed by atoms with Gasteiger partial charge in [0, 0.05) is 0 Å². The number of benzene rings is 1. The van der Waals surface area contributed by atoms with Crippen LogP contribution in [0.1, 0.15) is 12.5 Å². The van der Waals surface area contributed by atoms with Crippen LogP contribution in [0, 0.1) is 12.3 Å². The first-order chi connectivity index (χ1) is 7.57. The van der Waals surface area contributed by atoms with Crippen LogP contribution in [0.2, 0.25) is 0 Å². The molecule has 0 amide bonds. The zero-order valence-electron chi connectivity index (χ0n) is 9.18. The SMILES string of the molecule is C#C[C@H](Cc1ccccc1)NS(=O)(=O)CC. The molecule has 0 spiro atoms. The summed E-state index contributed by atoms with van der Waals surface area (Å²) in [5.41, 5.74) is 1.02. The highest BCUT2D eigenvalue weighted by molar-refractivity contribution is 7.89. The lowest BCUT2D eigenvalue weighted by Crippen LogP contribution is -2.36. The summed E-state index contributed by atoms with van der Waals surface area (Å²) < 4.78 is 25.2. The van der Waals surface area contributed by atoms with E-state index in [1.165, 1.54) is 0 Å². The van der Waals surface area contributed by atoms with Crippen LogP contribution in [0.25, 0.3) is 0 Å². The second kappa shape index (κ2) is 5.69. The number of hydrogen-bond acceptors (Lipinski definition) is 2. The molecule has 0 unspecified atom stereocenters. The molecule has 0 aliphatic heterocycles. The maximum atomic E-state index is 11.4. The number of hydrogen-bond donors (Lipinski definition) is 1. The van der Waals surface area contributed by atoms with Crippen LogP contribution in [0.3, 0.4) is 0 Å². The van der Waals surface area contributed by atoms with E-state index in [0.29, 0.717) is 6.42 Å². The summed E-state index contributed by atoms with van der Waals surface area (Å²) in [4.78, 5) is 0. The molecular weight excluding hydrogens is 222 g/mol. The predicted octanol–water partition coefficient (Wildman–Crippen LogP) is 1.17. The Morgan fingerprint density at radius 1 is 1.38 bits per heavy atom. The van der Waals surface area contributed by atoms with Crippen LogP contribution in [0.5, 0.6) is 0 Å². The predicted molar refractivity (Wildman–Crippen MR) is 65.4 cm³/mol. The quantitative estimate of drug-likeness (QED) is 0.781. The van der Waals surface area contributed by atoms with Gasteiger partial charge in [-0.25, -0.2) is 13.1 Å². The smallest absolute Gasteiger partial charge is 0.212 e. The van der Waals surface area contributed by atoms with Gasteiger partial charge in [-0.15, -0.1) is 6.42 Å². The number of terminal acetylenes is 1. The molecule has 0 aromatic heterocycles. The molecule has 4 heteroatoms. The molecule has 0 bridgehead atoms. The lowest BCUT2D eigenvalue weighted by atomic mass is 10.1. The van der Waals surface area contributed by atoms with Crippen molar-refractivity contribution in [1.29, 1.82) is 0 Å². The van der Waals surface area contributed by atoms with E-state index in [-0.39, 0.29) is 5.75 Å². The van der Waals surface area contributed by atoms with Gasteiger partial charge >= 0.3 is 0 Å². The average molecular weight is 237 g/mol. The second-order valence-corrected chi connectivity index (χ2v) is 5.47. The topological polar surface area (TPSA) is 46.2 Å². The van der Waals surface area contributed by atoms with Crippen molar-refractivity contribution in [2.45, 2.75) is 19.4 Å². The molecule has 16 heavy (non-hydrogen) atoms. The van der Waals surface area contributed by atoms with Gasteiger partial charge in [0.2, 0.25) is 10.0 Å². The minimum atomic E-state index is -3.24. The largest absolute Gasteiger partial charge is 0.212 e. The maximum absolute atomic E-state index is 11.4. The van der Waals surface area contributed by atoms with Crippen LogP contribution in [-0.2, 0) is 16.4 Å². The van der Waals surface area contributed by atoms with Crippen molar-refractivity contribution in [3.63, 3.8) is 0 Å². The van der Waals surface area contributed by atoms with Crippen LogP contribution in [-0.4, -0.2) is 20.2 Å². The fraction of sp³-hybridized carbons (Fsp3) is 0.333. The molecule has 1 aromatic carbocycles. The molecule has 3 nitrogen and oxygen atoms in total. The molecule has 0 aliphatic carbocycles. The van der Waals surface area contributed by atoms with Gasteiger partial charge in [0.15, 0.2) is 0 Å². The minimum absolute atomic E-state index is 0.0416. The third-order valence-corrected chi connectivity index (χ3v) is 3.59. The first kappa shape index (κ1) is 12.8. The number of nitrogens with one attached hydrogen (secondary N) is 1. The van der Waals surface area contributed by atoms with E-state index in [1.54, 1.807) is 6.92 Å². The fourth-order valence-corrected chi connectivity index (χ4v) is 2.04. The third kappa shape index (κ3) is 4.05. The molecule has 1 rings (SSSR count). The van der Waals surface area contributed by atoms with Gasteiger partial charge in [0.1, 0.15) is 0 Å². The summed E-state index contributed by atoms with van der Waals surface area (Å²) in [6, 6.07) is 9.07. The van der Waals surface area contributed by atoms with Gasteiger partial charge in [-0.3, -0.25) is 0 Å². The zero-order chi connectivity index (χ0) is 12.0. The van der Waals surface area contributed by atoms with Crippen molar-refractivity contribution in [3.05, 3.63) is 35.9 Å². The first-order valence-electron chi connectivity index (χ1n) is 5.07. The van der Waals surface area contributed by atoms with Crippen LogP contribution in [0.4, 0.5) is 0 Å². The van der Waals surface area contributed by atoms with Gasteiger partial charge in [0.05, 0.1) is 11.8 Å². The molecule has 1 aromatic rings. The molecule has 0 radical (unpaired) electrons. The normalized spacial score (nSPS) is 13.0. The average Bonchev–Trinajstić information content (AvgIpc) is 2.29. The summed E-state index contributed by atoms with van der Waals surface area (Å²) in [5, 5.41) is 0. The Kier molecular flexibility index (Phi) is 4.53. The van der Waals surface area contributed by atoms with Crippen LogP contribution in [0.15, 0.2) is 30.3 Å². The molecule has 86 valence electrons. The Balaban J connectivity index is 2.68. The van der Waals surface area contributed by atoms with E-state index in [4.69, 9.17) is 6.42 Å². The van der Waals surface area contributed by atoms with Gasteiger partial charge in [0.25, 0.3) is 0 Å². The lowest BCUT2D eigenvalue weighted by Gasteiger charge is -2.12. The molecule has 0 saturated carbocycles. The summed E-state index contributed by atoms with van der Waals surface area (Å²) in [6.45, 7) is 1.58. The molecule has 1 atom stereocenters. The van der Waals surface area contributed by atoms with E-state index < -0.39 is 16.1 Å². The molecule has 0 heterocycles. The summed E-state index contributed by atoms with van der Waals surface area (Å²) >= 11 is 0. The van der Waals surface area contributed by atoms with Crippen molar-refractivity contribution in [1.82, 2.24) is 4.72 Å². The van der Waals surface area contributed by atoms with E-state index >= 15 is 0 Å². The highest BCUT2D eigenvalue weighted by Gasteiger charge is 2.13. The summed E-state index contributed by atoms with van der Waals surface area (Å²) in [6.07, 6.45) is 5.82. The van der Waals surface area contributed by atoms with Crippen molar-refractivity contribution >= 4 is 10.0 Å². The van der Waals surface area contributed by atoms with Gasteiger partial charge in [-0.05, 0) is 18.9 Å². The summed E-state index contributed by atoms with van der Waals surface area (Å²) in [7, 11) is -3.24. The molecule has 0 fully saturated rings. The lowest BCUT2D eigenvalue weighted by molar-refractivity contribution is 0.574. The Morgan fingerprint density at radius 3 is 2.50 bits per heavy atom. The van der Waals surface area contributed by atoms with Crippen molar-refractivity contribution in [3.8, 4) is 12.3 Å². The Labute approximate surface area is 96.9 Å². The van der Waals surface area contributed by atoms with E-state index in [0.717, 1.165) is 5.56 Å². The van der Waals surface area contributed by atoms with E-state index in [2.05, 4.69) is 10.6 Å². The molecule has 0 aliphatic rings. The third-order valence-electron chi connectivity index (χ3n) is 2.19. The second-order valence-electron chi connectivity index (χ2n) is 3.43. The van der Waals surface area contributed by atoms with Crippen molar-refractivity contribution in [2.75, 3.05) is 5.75 Å². The van der Waals surface area contributed by atoms with Gasteiger partial charge in [-0.2, -0.15) is 0 Å². The summed E-state index contributed by atoms with van der Waals surface area (Å²) in [5.74, 6) is 2.49. The van der Waals surface area contributed by atoms with Gasteiger partial charge < -0.3 is 0 Å². The molecular formula is C12H15NO2S. The monoisotopic (exact) mass is 237 g/mol. The molecule has 0 saturated heterocycles.